The van der Waals surface area contributed by atoms with Crippen molar-refractivity contribution in [1.82, 2.24) is 20.4 Å². The molecule has 2 aliphatic rings. The summed E-state index contributed by atoms with van der Waals surface area (Å²) in [7, 11) is 1.82. The Morgan fingerprint density at radius 3 is 2.47 bits per heavy atom. The van der Waals surface area contributed by atoms with Gasteiger partial charge in [0.1, 0.15) is 0 Å². The molecular formula is C24H39N5O. The van der Waals surface area contributed by atoms with Crippen LogP contribution in [0.1, 0.15) is 51.6 Å². The zero-order valence-electron chi connectivity index (χ0n) is 19.1. The van der Waals surface area contributed by atoms with Gasteiger partial charge in [0.15, 0.2) is 5.96 Å². The van der Waals surface area contributed by atoms with E-state index in [0.717, 1.165) is 51.0 Å². The molecule has 0 saturated carbocycles. The van der Waals surface area contributed by atoms with E-state index < -0.39 is 0 Å². The zero-order chi connectivity index (χ0) is 21.5. The number of benzene rings is 1. The van der Waals surface area contributed by atoms with Gasteiger partial charge in [-0.3, -0.25) is 14.7 Å². The Bertz CT molecular complexity index is 697. The van der Waals surface area contributed by atoms with Crippen LogP contribution in [0.5, 0.6) is 0 Å². The summed E-state index contributed by atoms with van der Waals surface area (Å²) in [5.41, 5.74) is 1.35. The van der Waals surface area contributed by atoms with Crippen molar-refractivity contribution in [2.24, 2.45) is 16.8 Å². The second kappa shape index (κ2) is 10.8. The molecule has 1 aromatic rings. The van der Waals surface area contributed by atoms with Crippen molar-refractivity contribution < 1.29 is 4.79 Å². The van der Waals surface area contributed by atoms with Crippen molar-refractivity contribution in [2.45, 2.75) is 52.1 Å². The minimum Gasteiger partial charge on any atom is -0.354 e. The minimum absolute atomic E-state index is 0.0556. The van der Waals surface area contributed by atoms with Gasteiger partial charge in [0.05, 0.1) is 6.04 Å². The molecule has 2 fully saturated rings. The maximum Gasteiger partial charge on any atom is 0.225 e. The lowest BCUT2D eigenvalue weighted by Crippen LogP contribution is -2.48. The van der Waals surface area contributed by atoms with Gasteiger partial charge in [-0.05, 0) is 43.8 Å². The first kappa shape index (κ1) is 22.6. The van der Waals surface area contributed by atoms with E-state index in [1.54, 1.807) is 0 Å². The van der Waals surface area contributed by atoms with Crippen LogP contribution in [0.3, 0.4) is 0 Å². The quantitative estimate of drug-likeness (QED) is 0.556. The van der Waals surface area contributed by atoms with E-state index in [1.807, 2.05) is 25.8 Å². The molecule has 30 heavy (non-hydrogen) atoms. The van der Waals surface area contributed by atoms with Crippen LogP contribution in [-0.2, 0) is 4.79 Å². The summed E-state index contributed by atoms with van der Waals surface area (Å²) in [6, 6.07) is 11.4. The highest BCUT2D eigenvalue weighted by Gasteiger charge is 2.29. The summed E-state index contributed by atoms with van der Waals surface area (Å²) in [6.45, 7) is 11.0. The Hall–Kier alpha value is -2.08. The topological polar surface area (TPSA) is 60.0 Å². The number of hydrogen-bond donors (Lipinski definition) is 2. The SMILES string of the molecule is CN=C(NCC(c1ccccc1)N1CCC(C)CC1)NC1CCN(C(=O)C(C)C)C1. The highest BCUT2D eigenvalue weighted by Crippen LogP contribution is 2.26. The van der Waals surface area contributed by atoms with Crippen molar-refractivity contribution in [3.05, 3.63) is 35.9 Å². The van der Waals surface area contributed by atoms with Crippen LogP contribution in [0.25, 0.3) is 0 Å². The number of amides is 1. The summed E-state index contributed by atoms with van der Waals surface area (Å²) in [5, 5.41) is 7.10. The fourth-order valence-corrected chi connectivity index (χ4v) is 4.50. The van der Waals surface area contributed by atoms with Crippen LogP contribution in [-0.4, -0.2) is 67.5 Å². The molecule has 1 amide bonds. The molecule has 2 atom stereocenters. The first-order valence-electron chi connectivity index (χ1n) is 11.5. The van der Waals surface area contributed by atoms with Crippen LogP contribution in [0, 0.1) is 11.8 Å². The molecule has 6 heteroatoms. The lowest BCUT2D eigenvalue weighted by Gasteiger charge is -2.37. The fourth-order valence-electron chi connectivity index (χ4n) is 4.50. The number of nitrogens with one attached hydrogen (secondary N) is 2. The van der Waals surface area contributed by atoms with Crippen LogP contribution in [0.2, 0.25) is 0 Å². The van der Waals surface area contributed by atoms with E-state index in [9.17, 15) is 4.79 Å². The predicted octanol–water partition coefficient (Wildman–Crippen LogP) is 2.88. The highest BCUT2D eigenvalue weighted by molar-refractivity contribution is 5.81. The zero-order valence-corrected chi connectivity index (χ0v) is 19.1. The Morgan fingerprint density at radius 1 is 1.13 bits per heavy atom. The largest absolute Gasteiger partial charge is 0.354 e. The number of likely N-dealkylation sites (tertiary alicyclic amines) is 2. The third-order valence-electron chi connectivity index (χ3n) is 6.46. The third kappa shape index (κ3) is 5.97. The van der Waals surface area contributed by atoms with E-state index in [1.165, 1.54) is 18.4 Å². The number of hydrogen-bond acceptors (Lipinski definition) is 3. The van der Waals surface area contributed by atoms with Crippen LogP contribution < -0.4 is 10.6 Å². The van der Waals surface area contributed by atoms with Gasteiger partial charge < -0.3 is 15.5 Å². The van der Waals surface area contributed by atoms with Crippen LogP contribution >= 0.6 is 0 Å². The number of aliphatic imine (C=N–C) groups is 1. The Morgan fingerprint density at radius 2 is 1.83 bits per heavy atom. The van der Waals surface area contributed by atoms with Crippen LogP contribution in [0.4, 0.5) is 0 Å². The molecule has 0 radical (unpaired) electrons. The van der Waals surface area contributed by atoms with Gasteiger partial charge in [-0.2, -0.15) is 0 Å². The van der Waals surface area contributed by atoms with Gasteiger partial charge in [-0.15, -0.1) is 0 Å². The van der Waals surface area contributed by atoms with E-state index in [2.05, 4.69) is 57.8 Å². The van der Waals surface area contributed by atoms with Gasteiger partial charge in [-0.1, -0.05) is 51.1 Å². The molecule has 0 spiro atoms. The van der Waals surface area contributed by atoms with Crippen molar-refractivity contribution in [1.29, 1.82) is 0 Å². The number of rotatable bonds is 6. The molecule has 0 aromatic heterocycles. The lowest BCUT2D eigenvalue weighted by atomic mass is 9.95. The van der Waals surface area contributed by atoms with E-state index in [0.29, 0.717) is 6.04 Å². The molecule has 2 saturated heterocycles. The molecule has 6 nitrogen and oxygen atoms in total. The Balaban J connectivity index is 1.58. The maximum absolute atomic E-state index is 12.3. The first-order valence-corrected chi connectivity index (χ1v) is 11.5. The van der Waals surface area contributed by atoms with Crippen molar-refractivity contribution in [3.63, 3.8) is 0 Å². The average Bonchev–Trinajstić information content (AvgIpc) is 3.22. The van der Waals surface area contributed by atoms with E-state index in [4.69, 9.17) is 0 Å². The summed E-state index contributed by atoms with van der Waals surface area (Å²) < 4.78 is 0. The molecular weight excluding hydrogens is 374 g/mol. The smallest absolute Gasteiger partial charge is 0.225 e. The predicted molar refractivity (Wildman–Crippen MR) is 123 cm³/mol. The molecule has 3 rings (SSSR count). The Kier molecular flexibility index (Phi) is 8.14. The lowest BCUT2D eigenvalue weighted by molar-refractivity contribution is -0.133. The number of nitrogens with zero attached hydrogens (tertiary/aromatic N) is 3. The van der Waals surface area contributed by atoms with Crippen LogP contribution in [0.15, 0.2) is 35.3 Å². The van der Waals surface area contributed by atoms with Gasteiger partial charge in [0, 0.05) is 38.6 Å². The third-order valence-corrected chi connectivity index (χ3v) is 6.46. The van der Waals surface area contributed by atoms with Gasteiger partial charge in [-0.25, -0.2) is 0 Å². The summed E-state index contributed by atoms with van der Waals surface area (Å²) in [6.07, 6.45) is 3.49. The average molecular weight is 414 g/mol. The van der Waals surface area contributed by atoms with Crippen molar-refractivity contribution in [3.8, 4) is 0 Å². The second-order valence-electron chi connectivity index (χ2n) is 9.17. The van der Waals surface area contributed by atoms with E-state index in [-0.39, 0.29) is 17.9 Å². The molecule has 1 aromatic carbocycles. The Labute approximate surface area is 182 Å². The normalized spacial score (nSPS) is 22.4. The number of carbonyl (C=O) groups is 1. The molecule has 166 valence electrons. The molecule has 2 unspecified atom stereocenters. The number of carbonyl (C=O) groups excluding carboxylic acids is 1. The fraction of sp³-hybridized carbons (Fsp3) is 0.667. The second-order valence-corrected chi connectivity index (χ2v) is 9.17. The number of piperidine rings is 1. The molecule has 2 aliphatic heterocycles. The van der Waals surface area contributed by atoms with Crippen molar-refractivity contribution >= 4 is 11.9 Å². The standard InChI is InChI=1S/C24H39N5O/c1-18(2)23(30)29-15-12-21(17-29)27-24(25-4)26-16-22(20-8-6-5-7-9-20)28-13-10-19(3)11-14-28/h5-9,18-19,21-22H,10-17H2,1-4H3,(H2,25,26,27). The van der Waals surface area contributed by atoms with Gasteiger partial charge in [0.25, 0.3) is 0 Å². The summed E-state index contributed by atoms with van der Waals surface area (Å²) >= 11 is 0. The van der Waals surface area contributed by atoms with Crippen molar-refractivity contribution in [2.75, 3.05) is 39.8 Å². The van der Waals surface area contributed by atoms with Gasteiger partial charge >= 0.3 is 0 Å². The first-order chi connectivity index (χ1) is 14.5. The maximum atomic E-state index is 12.3. The number of guanidine groups is 1. The summed E-state index contributed by atoms with van der Waals surface area (Å²) in [4.78, 5) is 21.3. The van der Waals surface area contributed by atoms with E-state index >= 15 is 0 Å². The monoisotopic (exact) mass is 413 g/mol. The molecule has 0 aliphatic carbocycles. The molecule has 2 N–H and O–H groups in total. The minimum atomic E-state index is 0.0556. The molecule has 2 heterocycles. The van der Waals surface area contributed by atoms with Gasteiger partial charge in [0.2, 0.25) is 5.91 Å². The summed E-state index contributed by atoms with van der Waals surface area (Å²) in [5.74, 6) is 1.94. The highest BCUT2D eigenvalue weighted by atomic mass is 16.2. The molecule has 0 bridgehead atoms.